The van der Waals surface area contributed by atoms with Crippen molar-refractivity contribution in [1.29, 1.82) is 0 Å². The van der Waals surface area contributed by atoms with Crippen molar-refractivity contribution in [1.82, 2.24) is 34.0 Å². The lowest BCUT2D eigenvalue weighted by molar-refractivity contribution is -0.137. The molecule has 6 rings (SSSR count). The number of fused-ring (bicyclic) bond motifs is 2. The van der Waals surface area contributed by atoms with Gasteiger partial charge in [0.2, 0.25) is 5.95 Å². The van der Waals surface area contributed by atoms with Crippen molar-refractivity contribution < 1.29 is 32.2 Å². The molecule has 1 fully saturated rings. The zero-order valence-corrected chi connectivity index (χ0v) is 25.3. The Morgan fingerprint density at radius 1 is 1.11 bits per heavy atom. The average molecular weight is 645 g/mol. The number of hydrogen-bond acceptors (Lipinski definition) is 9. The summed E-state index contributed by atoms with van der Waals surface area (Å²) in [5.74, 6) is 0.791. The largest absolute Gasteiger partial charge is 0.488 e. The molecule has 0 unspecified atom stereocenters. The predicted molar refractivity (Wildman–Crippen MR) is 158 cm³/mol. The summed E-state index contributed by atoms with van der Waals surface area (Å²) in [7, 11) is 1.64. The van der Waals surface area contributed by atoms with Gasteiger partial charge >= 0.3 is 12.3 Å². The van der Waals surface area contributed by atoms with Gasteiger partial charge in [0.1, 0.15) is 33.5 Å². The number of benzene rings is 1. The molecule has 1 saturated heterocycles. The first kappa shape index (κ1) is 30.2. The Bertz CT molecular complexity index is 1900. The van der Waals surface area contributed by atoms with Gasteiger partial charge in [0, 0.05) is 44.2 Å². The second-order valence-electron chi connectivity index (χ2n) is 11.4. The number of rotatable bonds is 6. The summed E-state index contributed by atoms with van der Waals surface area (Å²) in [6, 6.07) is 3.32. The monoisotopic (exact) mass is 644 g/mol. The molecule has 236 valence electrons. The van der Waals surface area contributed by atoms with Crippen molar-refractivity contribution in [2.75, 3.05) is 18.4 Å². The highest BCUT2D eigenvalue weighted by Gasteiger charge is 2.34. The van der Waals surface area contributed by atoms with Crippen LogP contribution in [0.25, 0.3) is 16.7 Å². The van der Waals surface area contributed by atoms with Gasteiger partial charge in [-0.2, -0.15) is 23.3 Å². The first-order valence-corrected chi connectivity index (χ1v) is 14.2. The molecule has 0 bridgehead atoms. The molecule has 1 aliphatic rings. The van der Waals surface area contributed by atoms with Crippen LogP contribution in [-0.2, 0) is 18.0 Å². The average Bonchev–Trinajstić information content (AvgIpc) is 3.67. The van der Waals surface area contributed by atoms with Crippen molar-refractivity contribution in [3.05, 3.63) is 59.8 Å². The minimum absolute atomic E-state index is 0.0168. The molecule has 5 heterocycles. The van der Waals surface area contributed by atoms with E-state index in [9.17, 15) is 18.0 Å². The Hall–Kier alpha value is -4.79. The lowest BCUT2D eigenvalue weighted by Gasteiger charge is -2.24. The van der Waals surface area contributed by atoms with Crippen LogP contribution in [0.1, 0.15) is 32.8 Å². The van der Waals surface area contributed by atoms with Gasteiger partial charge in [-0.05, 0) is 32.9 Å². The highest BCUT2D eigenvalue weighted by molar-refractivity contribution is 6.36. The molecule has 12 nitrogen and oxygen atoms in total. The number of halogens is 4. The molecule has 5 aromatic rings. The molecule has 0 saturated carbocycles. The highest BCUT2D eigenvalue weighted by atomic mass is 35.5. The van der Waals surface area contributed by atoms with Gasteiger partial charge in [0.25, 0.3) is 0 Å². The van der Waals surface area contributed by atoms with E-state index in [1.54, 1.807) is 55.5 Å². The van der Waals surface area contributed by atoms with Gasteiger partial charge in [-0.1, -0.05) is 11.6 Å². The van der Waals surface area contributed by atoms with Gasteiger partial charge in [0.15, 0.2) is 17.1 Å². The number of aromatic nitrogens is 6. The van der Waals surface area contributed by atoms with Gasteiger partial charge in [-0.25, -0.2) is 14.3 Å². The van der Waals surface area contributed by atoms with Crippen molar-refractivity contribution in [2.45, 2.75) is 45.1 Å². The number of alkyl halides is 3. The van der Waals surface area contributed by atoms with Crippen LogP contribution in [-0.4, -0.2) is 64.9 Å². The molecule has 1 aliphatic heterocycles. The predicted octanol–water partition coefficient (Wildman–Crippen LogP) is 6.61. The summed E-state index contributed by atoms with van der Waals surface area (Å²) in [4.78, 5) is 26.8. The van der Waals surface area contributed by atoms with E-state index in [2.05, 4.69) is 25.4 Å². The van der Waals surface area contributed by atoms with Gasteiger partial charge in [-0.15, -0.1) is 0 Å². The summed E-state index contributed by atoms with van der Waals surface area (Å²) in [6.45, 7) is 5.81. The number of carbonyl (C=O) groups is 1. The summed E-state index contributed by atoms with van der Waals surface area (Å²) in [5, 5.41) is 7.34. The maximum Gasteiger partial charge on any atom is 0.416 e. The van der Waals surface area contributed by atoms with E-state index in [1.807, 2.05) is 0 Å². The van der Waals surface area contributed by atoms with E-state index < -0.39 is 29.5 Å². The molecular formula is C29H28ClF3N8O4. The zero-order chi connectivity index (χ0) is 32.1. The van der Waals surface area contributed by atoms with Crippen LogP contribution in [0.5, 0.6) is 17.2 Å². The minimum atomic E-state index is -4.65. The Kier molecular flexibility index (Phi) is 7.59. The number of anilines is 2. The number of ether oxygens (including phenoxy) is 3. The number of pyridine rings is 1. The molecular weight excluding hydrogens is 617 g/mol. The van der Waals surface area contributed by atoms with Crippen LogP contribution in [0.15, 0.2) is 49.2 Å². The van der Waals surface area contributed by atoms with Crippen molar-refractivity contribution in [3.63, 3.8) is 0 Å². The van der Waals surface area contributed by atoms with Gasteiger partial charge in [0.05, 0.1) is 30.7 Å². The molecule has 1 N–H and O–H groups in total. The molecule has 45 heavy (non-hydrogen) atoms. The van der Waals surface area contributed by atoms with Crippen LogP contribution in [0.4, 0.5) is 29.6 Å². The number of hydrogen-bond donors (Lipinski definition) is 1. The lowest BCUT2D eigenvalue weighted by Crippen LogP contribution is -2.36. The molecule has 0 spiro atoms. The van der Waals surface area contributed by atoms with E-state index in [4.69, 9.17) is 25.8 Å². The summed E-state index contributed by atoms with van der Waals surface area (Å²) >= 11 is 6.70. The first-order chi connectivity index (χ1) is 21.2. The number of imidazole rings is 1. The number of carbonyl (C=O) groups excluding carboxylic acids is 1. The molecule has 0 radical (unpaired) electrons. The zero-order valence-electron chi connectivity index (χ0n) is 24.6. The number of amides is 1. The maximum atomic E-state index is 13.9. The normalized spacial score (nSPS) is 15.6. The fourth-order valence-corrected chi connectivity index (χ4v) is 5.15. The highest BCUT2D eigenvalue weighted by Crippen LogP contribution is 2.38. The van der Waals surface area contributed by atoms with Crippen LogP contribution < -0.4 is 14.8 Å². The van der Waals surface area contributed by atoms with Gasteiger partial charge in [-0.3, -0.25) is 4.98 Å². The SMILES string of the molecule is Cn1c(Nc2cc(O[C@H]3CCN(C(=O)OC(C)(C)C)C3)cc(C(F)(F)F)c2)nc2ncc(Oc3cnn4ccncc34)c(Cl)c21. The van der Waals surface area contributed by atoms with Crippen molar-refractivity contribution in [2.24, 2.45) is 7.05 Å². The summed E-state index contributed by atoms with van der Waals surface area (Å²) < 4.78 is 62.1. The molecule has 1 amide bonds. The van der Waals surface area contributed by atoms with Crippen molar-refractivity contribution in [3.8, 4) is 17.2 Å². The van der Waals surface area contributed by atoms with Crippen LogP contribution in [0, 0.1) is 0 Å². The van der Waals surface area contributed by atoms with Crippen LogP contribution >= 0.6 is 11.6 Å². The van der Waals surface area contributed by atoms with E-state index in [0.29, 0.717) is 29.7 Å². The molecule has 1 aromatic carbocycles. The Morgan fingerprint density at radius 3 is 2.67 bits per heavy atom. The molecule has 16 heteroatoms. The van der Waals surface area contributed by atoms with E-state index in [-0.39, 0.29) is 40.3 Å². The molecule has 4 aromatic heterocycles. The van der Waals surface area contributed by atoms with Crippen molar-refractivity contribution >= 4 is 46.0 Å². The molecule has 1 atom stereocenters. The third kappa shape index (κ3) is 6.38. The van der Waals surface area contributed by atoms with E-state index >= 15 is 0 Å². The third-order valence-electron chi connectivity index (χ3n) is 6.90. The quantitative estimate of drug-likeness (QED) is 0.218. The smallest absolute Gasteiger partial charge is 0.416 e. The fraction of sp³-hybridized carbons (Fsp3) is 0.345. The standard InChI is InChI=1S/C29H28ClF3N8O4/c1-28(2,3)45-27(42)40-7-5-18(15-40)43-19-10-16(29(31,32)33)9-17(11-19)37-26-38-25-24(39(26)4)23(30)22(13-35-25)44-21-14-36-41-8-6-34-12-20(21)41/h6,8-14,18H,5,7,15H2,1-4H3,(H,35,37,38)/t18-/m0/s1. The summed E-state index contributed by atoms with van der Waals surface area (Å²) in [6.07, 6.45) is 2.53. The Morgan fingerprint density at radius 2 is 1.91 bits per heavy atom. The summed E-state index contributed by atoms with van der Waals surface area (Å²) in [5.41, 5.74) is -0.268. The molecule has 0 aliphatic carbocycles. The Balaban J connectivity index is 1.25. The number of aryl methyl sites for hydroxylation is 1. The maximum absolute atomic E-state index is 13.9. The van der Waals surface area contributed by atoms with Crippen LogP contribution in [0.3, 0.4) is 0 Å². The number of likely N-dealkylation sites (tertiary alicyclic amines) is 1. The minimum Gasteiger partial charge on any atom is -0.488 e. The first-order valence-electron chi connectivity index (χ1n) is 13.9. The van der Waals surface area contributed by atoms with Crippen LogP contribution in [0.2, 0.25) is 5.02 Å². The second kappa shape index (κ2) is 11.3. The van der Waals surface area contributed by atoms with Gasteiger partial charge < -0.3 is 29.0 Å². The second-order valence-corrected chi connectivity index (χ2v) is 11.8. The number of nitrogens with one attached hydrogen (secondary N) is 1. The Labute approximate surface area is 259 Å². The fourth-order valence-electron chi connectivity index (χ4n) is 4.85. The third-order valence-corrected chi connectivity index (χ3v) is 7.27. The van der Waals surface area contributed by atoms with E-state index in [0.717, 1.165) is 12.1 Å². The van der Waals surface area contributed by atoms with E-state index in [1.165, 1.54) is 23.4 Å². The number of nitrogens with zero attached hydrogens (tertiary/aromatic N) is 7. The lowest BCUT2D eigenvalue weighted by atomic mass is 10.1. The topological polar surface area (TPSA) is 121 Å².